The largest absolute Gasteiger partial charge is 0.474 e. The Morgan fingerprint density at radius 1 is 1.38 bits per heavy atom. The van der Waals surface area contributed by atoms with Crippen LogP contribution in [0.3, 0.4) is 0 Å². The third-order valence-electron chi connectivity index (χ3n) is 3.17. The van der Waals surface area contributed by atoms with Gasteiger partial charge >= 0.3 is 0 Å². The number of pyridine rings is 1. The fraction of sp³-hybridized carbons (Fsp3) is 0.538. The first-order chi connectivity index (χ1) is 7.79. The molecule has 1 saturated carbocycles. The second kappa shape index (κ2) is 5.10. The Morgan fingerprint density at radius 3 is 2.81 bits per heavy atom. The molecular weight excluding hydrogens is 202 g/mol. The molecule has 1 aliphatic rings. The lowest BCUT2D eigenvalue weighted by Crippen LogP contribution is -2.23. The van der Waals surface area contributed by atoms with Crippen LogP contribution in [-0.4, -0.2) is 17.4 Å². The standard InChI is InChI=1S/C13H17NO2/c1-10-4-6-12(7-5-10)16-13-11(9-15)3-2-8-14-13/h2-3,8-10,12H,4-7H2,1H3. The van der Waals surface area contributed by atoms with Gasteiger partial charge in [0.25, 0.3) is 0 Å². The second-order valence-corrected chi connectivity index (χ2v) is 4.52. The number of aldehydes is 1. The molecule has 0 spiro atoms. The Morgan fingerprint density at radius 2 is 2.12 bits per heavy atom. The first-order valence-electron chi connectivity index (χ1n) is 5.86. The Kier molecular flexibility index (Phi) is 3.54. The molecule has 1 aliphatic carbocycles. The van der Waals surface area contributed by atoms with E-state index in [1.54, 1.807) is 18.3 Å². The number of hydrogen-bond donors (Lipinski definition) is 0. The molecule has 2 rings (SSSR count). The zero-order valence-corrected chi connectivity index (χ0v) is 9.56. The van der Waals surface area contributed by atoms with Crippen LogP contribution in [-0.2, 0) is 0 Å². The van der Waals surface area contributed by atoms with E-state index in [9.17, 15) is 4.79 Å². The van der Waals surface area contributed by atoms with Gasteiger partial charge in [0.05, 0.1) is 5.56 Å². The van der Waals surface area contributed by atoms with Gasteiger partial charge < -0.3 is 4.74 Å². The average molecular weight is 219 g/mol. The Bertz CT molecular complexity index is 357. The zero-order valence-electron chi connectivity index (χ0n) is 9.56. The van der Waals surface area contributed by atoms with Crippen molar-refractivity contribution in [2.75, 3.05) is 0 Å². The van der Waals surface area contributed by atoms with Crippen molar-refractivity contribution in [3.63, 3.8) is 0 Å². The summed E-state index contributed by atoms with van der Waals surface area (Å²) in [5.74, 6) is 1.28. The minimum absolute atomic E-state index is 0.227. The zero-order chi connectivity index (χ0) is 11.4. The van der Waals surface area contributed by atoms with Crippen LogP contribution in [0.4, 0.5) is 0 Å². The number of carbonyl (C=O) groups excluding carboxylic acids is 1. The van der Waals surface area contributed by atoms with Crippen LogP contribution in [0.2, 0.25) is 0 Å². The molecule has 0 aromatic carbocycles. The highest BCUT2D eigenvalue weighted by molar-refractivity contribution is 5.77. The predicted molar refractivity (Wildman–Crippen MR) is 61.7 cm³/mol. The van der Waals surface area contributed by atoms with Crippen LogP contribution < -0.4 is 4.74 Å². The van der Waals surface area contributed by atoms with Crippen molar-refractivity contribution in [3.05, 3.63) is 23.9 Å². The maximum atomic E-state index is 10.8. The monoisotopic (exact) mass is 219 g/mol. The van der Waals surface area contributed by atoms with Crippen molar-refractivity contribution in [1.29, 1.82) is 0 Å². The molecule has 3 heteroatoms. The van der Waals surface area contributed by atoms with Crippen LogP contribution >= 0.6 is 0 Å². The number of aromatic nitrogens is 1. The molecule has 86 valence electrons. The minimum atomic E-state index is 0.227. The minimum Gasteiger partial charge on any atom is -0.474 e. The Balaban J connectivity index is 2.00. The quantitative estimate of drug-likeness (QED) is 0.734. The lowest BCUT2D eigenvalue weighted by Gasteiger charge is -2.26. The van der Waals surface area contributed by atoms with Crippen LogP contribution in [0, 0.1) is 5.92 Å². The highest BCUT2D eigenvalue weighted by atomic mass is 16.5. The normalized spacial score (nSPS) is 25.1. The lowest BCUT2D eigenvalue weighted by atomic mass is 9.89. The predicted octanol–water partition coefficient (Wildman–Crippen LogP) is 2.85. The fourth-order valence-electron chi connectivity index (χ4n) is 2.10. The topological polar surface area (TPSA) is 39.2 Å². The fourth-order valence-corrected chi connectivity index (χ4v) is 2.10. The summed E-state index contributed by atoms with van der Waals surface area (Å²) in [6.07, 6.45) is 7.22. The number of carbonyl (C=O) groups is 1. The van der Waals surface area contributed by atoms with Gasteiger partial charge in [-0.15, -0.1) is 0 Å². The highest BCUT2D eigenvalue weighted by Crippen LogP contribution is 2.27. The first-order valence-corrected chi connectivity index (χ1v) is 5.86. The molecule has 1 aromatic heterocycles. The van der Waals surface area contributed by atoms with E-state index in [4.69, 9.17) is 4.74 Å². The Hall–Kier alpha value is -1.38. The van der Waals surface area contributed by atoms with Gasteiger partial charge in [0.15, 0.2) is 6.29 Å². The number of nitrogens with zero attached hydrogens (tertiary/aromatic N) is 1. The van der Waals surface area contributed by atoms with E-state index >= 15 is 0 Å². The molecule has 0 unspecified atom stereocenters. The van der Waals surface area contributed by atoms with Crippen LogP contribution in [0.1, 0.15) is 43.0 Å². The van der Waals surface area contributed by atoms with Crippen molar-refractivity contribution in [1.82, 2.24) is 4.98 Å². The van der Waals surface area contributed by atoms with E-state index in [1.807, 2.05) is 0 Å². The molecule has 0 amide bonds. The van der Waals surface area contributed by atoms with E-state index in [0.717, 1.165) is 25.0 Å². The smallest absolute Gasteiger partial charge is 0.224 e. The van der Waals surface area contributed by atoms with Gasteiger partial charge in [-0.1, -0.05) is 6.92 Å². The molecule has 0 N–H and O–H groups in total. The van der Waals surface area contributed by atoms with Crippen LogP contribution in [0.5, 0.6) is 5.88 Å². The molecule has 0 bridgehead atoms. The summed E-state index contributed by atoms with van der Waals surface area (Å²) in [7, 11) is 0. The SMILES string of the molecule is CC1CCC(Oc2ncccc2C=O)CC1. The Labute approximate surface area is 95.8 Å². The van der Waals surface area contributed by atoms with Gasteiger partial charge in [-0.2, -0.15) is 0 Å². The van der Waals surface area contributed by atoms with E-state index in [-0.39, 0.29) is 6.10 Å². The maximum absolute atomic E-state index is 10.8. The van der Waals surface area contributed by atoms with Crippen molar-refractivity contribution in [2.24, 2.45) is 5.92 Å². The average Bonchev–Trinajstić information content (AvgIpc) is 2.33. The van der Waals surface area contributed by atoms with E-state index in [2.05, 4.69) is 11.9 Å². The molecule has 3 nitrogen and oxygen atoms in total. The summed E-state index contributed by atoms with van der Waals surface area (Å²) in [4.78, 5) is 14.9. The number of ether oxygens (including phenoxy) is 1. The molecule has 1 fully saturated rings. The van der Waals surface area contributed by atoms with Crippen molar-refractivity contribution < 1.29 is 9.53 Å². The molecule has 1 aromatic rings. The van der Waals surface area contributed by atoms with Gasteiger partial charge in [-0.3, -0.25) is 4.79 Å². The van der Waals surface area contributed by atoms with Gasteiger partial charge in [0.2, 0.25) is 5.88 Å². The molecule has 0 aliphatic heterocycles. The van der Waals surface area contributed by atoms with Crippen molar-refractivity contribution >= 4 is 6.29 Å². The highest BCUT2D eigenvalue weighted by Gasteiger charge is 2.20. The third kappa shape index (κ3) is 2.60. The molecule has 0 atom stereocenters. The molecule has 16 heavy (non-hydrogen) atoms. The molecule has 0 radical (unpaired) electrons. The van der Waals surface area contributed by atoms with E-state index < -0.39 is 0 Å². The van der Waals surface area contributed by atoms with Gasteiger partial charge in [-0.25, -0.2) is 4.98 Å². The lowest BCUT2D eigenvalue weighted by molar-refractivity contribution is 0.109. The van der Waals surface area contributed by atoms with Crippen molar-refractivity contribution in [2.45, 2.75) is 38.7 Å². The summed E-state index contributed by atoms with van der Waals surface area (Å²) in [6, 6.07) is 3.49. The van der Waals surface area contributed by atoms with E-state index in [0.29, 0.717) is 11.4 Å². The summed E-state index contributed by atoms with van der Waals surface area (Å²) in [6.45, 7) is 2.27. The third-order valence-corrected chi connectivity index (χ3v) is 3.17. The number of hydrogen-bond acceptors (Lipinski definition) is 3. The molecule has 0 saturated heterocycles. The van der Waals surface area contributed by atoms with Gasteiger partial charge in [0, 0.05) is 6.20 Å². The summed E-state index contributed by atoms with van der Waals surface area (Å²) < 4.78 is 5.78. The van der Waals surface area contributed by atoms with Gasteiger partial charge in [0.1, 0.15) is 6.10 Å². The molecule has 1 heterocycles. The first kappa shape index (κ1) is 11.1. The van der Waals surface area contributed by atoms with Crippen molar-refractivity contribution in [3.8, 4) is 5.88 Å². The summed E-state index contributed by atoms with van der Waals surface area (Å²) in [5.41, 5.74) is 0.543. The maximum Gasteiger partial charge on any atom is 0.224 e. The van der Waals surface area contributed by atoms with E-state index in [1.165, 1.54) is 12.8 Å². The van der Waals surface area contributed by atoms with Gasteiger partial charge in [-0.05, 0) is 43.7 Å². The second-order valence-electron chi connectivity index (χ2n) is 4.52. The number of rotatable bonds is 3. The van der Waals surface area contributed by atoms with Crippen LogP contribution in [0.25, 0.3) is 0 Å². The van der Waals surface area contributed by atoms with Crippen LogP contribution in [0.15, 0.2) is 18.3 Å². The molecular formula is C13H17NO2. The summed E-state index contributed by atoms with van der Waals surface area (Å²) in [5, 5.41) is 0. The summed E-state index contributed by atoms with van der Waals surface area (Å²) >= 11 is 0.